The number of halogens is 1. The minimum absolute atomic E-state index is 0.0225. The molecule has 2 unspecified atom stereocenters. The number of nitrogens with one attached hydrogen (secondary N) is 1. The normalized spacial score (nSPS) is 19.2. The van der Waals surface area contributed by atoms with Gasteiger partial charge in [0.2, 0.25) is 0 Å². The first-order valence-corrected chi connectivity index (χ1v) is 10.6. The van der Waals surface area contributed by atoms with Gasteiger partial charge in [-0.15, -0.1) is 0 Å². The van der Waals surface area contributed by atoms with Gasteiger partial charge in [-0.25, -0.2) is 9.37 Å². The van der Waals surface area contributed by atoms with E-state index in [2.05, 4.69) is 15.4 Å². The molecule has 170 valence electrons. The van der Waals surface area contributed by atoms with Crippen LogP contribution in [0.4, 0.5) is 10.1 Å². The second kappa shape index (κ2) is 8.84. The third-order valence-corrected chi connectivity index (χ3v) is 5.61. The van der Waals surface area contributed by atoms with Crippen LogP contribution in [0.15, 0.2) is 36.5 Å². The zero-order valence-electron chi connectivity index (χ0n) is 18.3. The van der Waals surface area contributed by atoms with Crippen LogP contribution < -0.4 is 10.1 Å². The van der Waals surface area contributed by atoms with E-state index in [9.17, 15) is 14.3 Å². The van der Waals surface area contributed by atoms with Crippen molar-refractivity contribution in [3.05, 3.63) is 47.9 Å². The summed E-state index contributed by atoms with van der Waals surface area (Å²) in [5.41, 5.74) is -0.155. The first kappa shape index (κ1) is 22.2. The number of aliphatic hydroxyl groups excluding tert-OH is 1. The maximum absolute atomic E-state index is 14.2. The number of hydrogen-bond donors (Lipinski definition) is 2. The molecule has 3 heterocycles. The van der Waals surface area contributed by atoms with E-state index in [0.717, 1.165) is 23.7 Å². The molecule has 1 aromatic carbocycles. The van der Waals surface area contributed by atoms with E-state index in [1.54, 1.807) is 24.3 Å². The minimum Gasteiger partial charge on any atom is -0.494 e. The second-order valence-electron chi connectivity index (χ2n) is 8.42. The van der Waals surface area contributed by atoms with Crippen LogP contribution >= 0.6 is 0 Å². The third-order valence-electron chi connectivity index (χ3n) is 5.61. The van der Waals surface area contributed by atoms with Crippen molar-refractivity contribution in [2.24, 2.45) is 0 Å². The molecule has 0 bridgehead atoms. The van der Waals surface area contributed by atoms with E-state index < -0.39 is 11.6 Å². The summed E-state index contributed by atoms with van der Waals surface area (Å²) in [6, 6.07) is 8.32. The number of alkyl halides is 1. The number of benzene rings is 1. The fourth-order valence-electron chi connectivity index (χ4n) is 3.75. The lowest BCUT2D eigenvalue weighted by Crippen LogP contribution is -2.30. The lowest BCUT2D eigenvalue weighted by atomic mass is 10.1. The Bertz CT molecular complexity index is 1120. The number of ether oxygens (including phenoxy) is 2. The number of carbonyl (C=O) groups excluding carboxylic acids is 1. The number of carbonyl (C=O) groups is 1. The Hall–Kier alpha value is -3.04. The highest BCUT2D eigenvalue weighted by Gasteiger charge is 2.24. The molecule has 3 aromatic rings. The van der Waals surface area contributed by atoms with Gasteiger partial charge in [0.05, 0.1) is 49.4 Å². The van der Waals surface area contributed by atoms with Gasteiger partial charge >= 0.3 is 0 Å². The number of aromatic nitrogens is 3. The van der Waals surface area contributed by atoms with Crippen molar-refractivity contribution in [3.63, 3.8) is 0 Å². The molecule has 1 aliphatic heterocycles. The van der Waals surface area contributed by atoms with Gasteiger partial charge in [-0.3, -0.25) is 9.48 Å². The molecule has 8 nitrogen and oxygen atoms in total. The van der Waals surface area contributed by atoms with E-state index in [0.29, 0.717) is 18.0 Å². The first-order chi connectivity index (χ1) is 15.3. The number of fused-ring (bicyclic) bond motifs is 1. The third kappa shape index (κ3) is 4.58. The molecular weight excluding hydrogens is 415 g/mol. The van der Waals surface area contributed by atoms with Crippen LogP contribution in [-0.4, -0.2) is 52.2 Å². The number of amides is 1. The lowest BCUT2D eigenvalue weighted by molar-refractivity contribution is -0.0410. The van der Waals surface area contributed by atoms with Crippen molar-refractivity contribution in [1.82, 2.24) is 14.8 Å². The average molecular weight is 442 g/mol. The van der Waals surface area contributed by atoms with Crippen molar-refractivity contribution in [2.75, 3.05) is 25.6 Å². The SMILES string of the molecule is COc1cc2nn(C3CCC(CO)OC3)cc2cc1NC(=O)c1cccc(C(C)(C)F)n1. The molecule has 1 saturated heterocycles. The van der Waals surface area contributed by atoms with Crippen molar-refractivity contribution in [3.8, 4) is 5.75 Å². The number of aliphatic hydroxyl groups is 1. The van der Waals surface area contributed by atoms with E-state index in [1.165, 1.54) is 27.0 Å². The number of nitrogens with zero attached hydrogens (tertiary/aromatic N) is 3. The topological polar surface area (TPSA) is 98.5 Å². The van der Waals surface area contributed by atoms with Gasteiger partial charge in [-0.1, -0.05) is 6.07 Å². The van der Waals surface area contributed by atoms with Crippen molar-refractivity contribution in [2.45, 2.75) is 44.5 Å². The largest absolute Gasteiger partial charge is 0.494 e. The standard InChI is InChI=1S/C23H27FN4O4/c1-23(2,24)21-6-4-5-17(25-21)22(30)26-19-9-14-11-28(27-18(14)10-20(19)31-3)15-7-8-16(12-29)32-13-15/h4-6,9-11,15-16,29H,7-8,12-13H2,1-3H3,(H,26,30). The summed E-state index contributed by atoms with van der Waals surface area (Å²) < 4.78 is 27.2. The molecule has 0 spiro atoms. The van der Waals surface area contributed by atoms with Gasteiger partial charge in [-0.05, 0) is 44.9 Å². The number of pyridine rings is 1. The maximum atomic E-state index is 14.2. The van der Waals surface area contributed by atoms with Crippen LogP contribution in [0, 0.1) is 0 Å². The van der Waals surface area contributed by atoms with E-state index in [1.807, 2.05) is 10.9 Å². The Kier molecular flexibility index (Phi) is 6.12. The van der Waals surface area contributed by atoms with Crippen molar-refractivity contribution in [1.29, 1.82) is 0 Å². The number of hydrogen-bond acceptors (Lipinski definition) is 6. The summed E-state index contributed by atoms with van der Waals surface area (Å²) in [5.74, 6) is -0.00446. The molecule has 0 aliphatic carbocycles. The fourth-order valence-corrected chi connectivity index (χ4v) is 3.75. The lowest BCUT2D eigenvalue weighted by Gasteiger charge is -2.27. The summed E-state index contributed by atoms with van der Waals surface area (Å²) in [5, 5.41) is 17.5. The van der Waals surface area contributed by atoms with Crippen LogP contribution in [0.1, 0.15) is 48.9 Å². The van der Waals surface area contributed by atoms with Crippen LogP contribution in [0.5, 0.6) is 5.75 Å². The molecule has 2 aromatic heterocycles. The second-order valence-corrected chi connectivity index (χ2v) is 8.42. The molecule has 1 aliphatic rings. The Balaban J connectivity index is 1.58. The summed E-state index contributed by atoms with van der Waals surface area (Å²) in [6.07, 6.45) is 3.41. The predicted octanol–water partition coefficient (Wildman–Crippen LogP) is 3.61. The molecule has 0 saturated carbocycles. The Labute approximate surface area is 185 Å². The highest BCUT2D eigenvalue weighted by molar-refractivity contribution is 6.05. The van der Waals surface area contributed by atoms with E-state index >= 15 is 0 Å². The first-order valence-electron chi connectivity index (χ1n) is 10.6. The van der Waals surface area contributed by atoms with Crippen LogP contribution in [0.25, 0.3) is 10.9 Å². The zero-order chi connectivity index (χ0) is 22.9. The van der Waals surface area contributed by atoms with Gasteiger partial charge in [0.15, 0.2) is 0 Å². The molecular formula is C23H27FN4O4. The quantitative estimate of drug-likeness (QED) is 0.605. The van der Waals surface area contributed by atoms with Crippen molar-refractivity contribution >= 4 is 22.5 Å². The maximum Gasteiger partial charge on any atom is 0.274 e. The zero-order valence-corrected chi connectivity index (χ0v) is 18.3. The predicted molar refractivity (Wildman–Crippen MR) is 118 cm³/mol. The molecule has 1 fully saturated rings. The highest BCUT2D eigenvalue weighted by atomic mass is 19.1. The molecule has 9 heteroatoms. The monoisotopic (exact) mass is 442 g/mol. The van der Waals surface area contributed by atoms with Crippen LogP contribution in [0.2, 0.25) is 0 Å². The summed E-state index contributed by atoms with van der Waals surface area (Å²) in [7, 11) is 1.52. The average Bonchev–Trinajstić information content (AvgIpc) is 3.21. The Morgan fingerprint density at radius 2 is 2.19 bits per heavy atom. The van der Waals surface area contributed by atoms with Crippen LogP contribution in [-0.2, 0) is 10.4 Å². The van der Waals surface area contributed by atoms with E-state index in [4.69, 9.17) is 9.47 Å². The molecule has 0 radical (unpaired) electrons. The minimum atomic E-state index is -1.65. The van der Waals surface area contributed by atoms with Gasteiger partial charge in [0.1, 0.15) is 17.1 Å². The highest BCUT2D eigenvalue weighted by Crippen LogP contribution is 2.32. The Morgan fingerprint density at radius 3 is 2.84 bits per heavy atom. The molecule has 1 amide bonds. The van der Waals surface area contributed by atoms with Gasteiger partial charge in [0.25, 0.3) is 5.91 Å². The fraction of sp³-hybridized carbons (Fsp3) is 0.435. The molecule has 4 rings (SSSR count). The number of anilines is 1. The number of methoxy groups -OCH3 is 1. The van der Waals surface area contributed by atoms with Gasteiger partial charge in [-0.2, -0.15) is 5.10 Å². The summed E-state index contributed by atoms with van der Waals surface area (Å²) in [4.78, 5) is 17.0. The molecule has 2 atom stereocenters. The van der Waals surface area contributed by atoms with Gasteiger partial charge in [0, 0.05) is 17.6 Å². The Morgan fingerprint density at radius 1 is 1.38 bits per heavy atom. The summed E-state index contributed by atoms with van der Waals surface area (Å²) in [6.45, 7) is 3.29. The van der Waals surface area contributed by atoms with Crippen molar-refractivity contribution < 1.29 is 23.8 Å². The van der Waals surface area contributed by atoms with Crippen LogP contribution in [0.3, 0.4) is 0 Å². The molecule has 32 heavy (non-hydrogen) atoms. The van der Waals surface area contributed by atoms with E-state index in [-0.39, 0.29) is 30.1 Å². The van der Waals surface area contributed by atoms with Gasteiger partial charge < -0.3 is 19.9 Å². The smallest absolute Gasteiger partial charge is 0.274 e. The number of rotatable bonds is 6. The molecule has 2 N–H and O–H groups in total. The summed E-state index contributed by atoms with van der Waals surface area (Å²) >= 11 is 0.